The van der Waals surface area contributed by atoms with Gasteiger partial charge in [0.2, 0.25) is 0 Å². The standard InChI is InChI=1S/C17H20N4O.2ClH/c1-20-8-13-9-21(17(22)15-7-18-11-19-15)10-14(13)16(20)12-5-3-2-4-6-12;;/h2-7,11,13-14,16H,8-10H2,1H3,(H,18,19);2*1H/t13-,14+,16-;;/m0../s1. The SMILES string of the molecule is CN1C[C@H]2CN(C(=O)c3cnc[nH]3)C[C@H]2[C@@H]1c1ccccc1.Cl.Cl. The monoisotopic (exact) mass is 368 g/mol. The Hall–Kier alpha value is -1.56. The number of fused-ring (bicyclic) bond motifs is 1. The van der Waals surface area contributed by atoms with Gasteiger partial charge >= 0.3 is 0 Å². The van der Waals surface area contributed by atoms with Gasteiger partial charge in [-0.05, 0) is 18.5 Å². The fraction of sp³-hybridized carbons (Fsp3) is 0.412. The molecule has 0 unspecified atom stereocenters. The summed E-state index contributed by atoms with van der Waals surface area (Å²) in [7, 11) is 2.19. The molecular formula is C17H22Cl2N4O. The van der Waals surface area contributed by atoms with Crippen LogP contribution in [-0.2, 0) is 0 Å². The molecule has 24 heavy (non-hydrogen) atoms. The van der Waals surface area contributed by atoms with Gasteiger partial charge in [0, 0.05) is 31.6 Å². The number of likely N-dealkylation sites (tertiary alicyclic amines) is 2. The van der Waals surface area contributed by atoms with Crippen LogP contribution < -0.4 is 0 Å². The summed E-state index contributed by atoms with van der Waals surface area (Å²) >= 11 is 0. The lowest BCUT2D eigenvalue weighted by Gasteiger charge is -2.26. The highest BCUT2D eigenvalue weighted by Crippen LogP contribution is 2.44. The minimum absolute atomic E-state index is 0. The molecule has 0 saturated carbocycles. The topological polar surface area (TPSA) is 52.2 Å². The minimum Gasteiger partial charge on any atom is -0.341 e. The molecule has 1 aromatic heterocycles. The molecule has 7 heteroatoms. The van der Waals surface area contributed by atoms with Crippen LogP contribution in [0.25, 0.3) is 0 Å². The second kappa shape index (κ2) is 7.55. The first-order valence-electron chi connectivity index (χ1n) is 7.77. The number of H-pyrrole nitrogens is 1. The summed E-state index contributed by atoms with van der Waals surface area (Å²) in [6.07, 6.45) is 3.17. The van der Waals surface area contributed by atoms with Crippen molar-refractivity contribution >= 4 is 30.7 Å². The normalized spacial score (nSPS) is 25.7. The van der Waals surface area contributed by atoms with E-state index in [-0.39, 0.29) is 30.7 Å². The first-order valence-corrected chi connectivity index (χ1v) is 7.77. The zero-order valence-electron chi connectivity index (χ0n) is 13.5. The Bertz CT molecular complexity index is 664. The van der Waals surface area contributed by atoms with Crippen molar-refractivity contribution in [3.05, 3.63) is 54.1 Å². The second-order valence-corrected chi connectivity index (χ2v) is 6.39. The number of nitrogens with one attached hydrogen (secondary N) is 1. The molecular weight excluding hydrogens is 347 g/mol. The van der Waals surface area contributed by atoms with Crippen LogP contribution in [0, 0.1) is 11.8 Å². The highest BCUT2D eigenvalue weighted by atomic mass is 35.5. The van der Waals surface area contributed by atoms with Crippen molar-refractivity contribution in [2.45, 2.75) is 6.04 Å². The molecule has 2 aliphatic rings. The lowest BCUT2D eigenvalue weighted by molar-refractivity contribution is 0.0762. The fourth-order valence-electron chi connectivity index (χ4n) is 4.12. The van der Waals surface area contributed by atoms with E-state index in [4.69, 9.17) is 0 Å². The molecule has 1 aromatic carbocycles. The predicted octanol–water partition coefficient (Wildman–Crippen LogP) is 2.63. The van der Waals surface area contributed by atoms with Gasteiger partial charge in [-0.1, -0.05) is 30.3 Å². The average molecular weight is 369 g/mol. The van der Waals surface area contributed by atoms with Crippen LogP contribution in [-0.4, -0.2) is 52.4 Å². The smallest absolute Gasteiger partial charge is 0.271 e. The number of halogens is 2. The molecule has 1 amide bonds. The third-order valence-corrected chi connectivity index (χ3v) is 5.05. The molecule has 2 fully saturated rings. The summed E-state index contributed by atoms with van der Waals surface area (Å²) in [5.74, 6) is 1.14. The molecule has 2 aliphatic heterocycles. The molecule has 2 aromatic rings. The quantitative estimate of drug-likeness (QED) is 0.886. The average Bonchev–Trinajstić information content (AvgIpc) is 3.22. The van der Waals surface area contributed by atoms with Crippen LogP contribution in [0.3, 0.4) is 0 Å². The van der Waals surface area contributed by atoms with Crippen LogP contribution >= 0.6 is 24.8 Å². The molecule has 0 spiro atoms. The number of nitrogens with zero attached hydrogens (tertiary/aromatic N) is 3. The summed E-state index contributed by atoms with van der Waals surface area (Å²) in [6, 6.07) is 11.0. The number of hydrogen-bond donors (Lipinski definition) is 1. The molecule has 3 heterocycles. The first kappa shape index (κ1) is 18.8. The number of carbonyl (C=O) groups is 1. The Morgan fingerprint density at radius 3 is 2.58 bits per heavy atom. The van der Waals surface area contributed by atoms with Crippen LogP contribution in [0.15, 0.2) is 42.9 Å². The summed E-state index contributed by atoms with van der Waals surface area (Å²) in [4.78, 5) is 23.8. The molecule has 3 atom stereocenters. The van der Waals surface area contributed by atoms with Gasteiger partial charge in [-0.25, -0.2) is 4.98 Å². The van der Waals surface area contributed by atoms with Gasteiger partial charge in [0.15, 0.2) is 0 Å². The van der Waals surface area contributed by atoms with E-state index in [0.717, 1.165) is 19.6 Å². The van der Waals surface area contributed by atoms with Crippen LogP contribution in [0.1, 0.15) is 22.1 Å². The first-order chi connectivity index (χ1) is 10.7. The van der Waals surface area contributed by atoms with Crippen molar-refractivity contribution in [2.24, 2.45) is 11.8 Å². The van der Waals surface area contributed by atoms with E-state index in [0.29, 0.717) is 23.6 Å². The maximum Gasteiger partial charge on any atom is 0.271 e. The largest absolute Gasteiger partial charge is 0.341 e. The number of hydrogen-bond acceptors (Lipinski definition) is 3. The van der Waals surface area contributed by atoms with Gasteiger partial charge in [-0.3, -0.25) is 9.69 Å². The molecule has 0 radical (unpaired) electrons. The van der Waals surface area contributed by atoms with Gasteiger partial charge in [0.25, 0.3) is 5.91 Å². The van der Waals surface area contributed by atoms with Gasteiger partial charge in [0.05, 0.1) is 12.5 Å². The predicted molar refractivity (Wildman–Crippen MR) is 97.8 cm³/mol. The Morgan fingerprint density at radius 2 is 1.92 bits per heavy atom. The van der Waals surface area contributed by atoms with Crippen LogP contribution in [0.4, 0.5) is 0 Å². The maximum absolute atomic E-state index is 12.5. The van der Waals surface area contributed by atoms with E-state index in [9.17, 15) is 4.79 Å². The molecule has 0 bridgehead atoms. The second-order valence-electron chi connectivity index (χ2n) is 6.39. The lowest BCUT2D eigenvalue weighted by Crippen LogP contribution is -2.33. The number of aromatic nitrogens is 2. The van der Waals surface area contributed by atoms with Crippen molar-refractivity contribution in [2.75, 3.05) is 26.7 Å². The zero-order valence-corrected chi connectivity index (χ0v) is 15.1. The van der Waals surface area contributed by atoms with Gasteiger partial charge < -0.3 is 9.88 Å². The van der Waals surface area contributed by atoms with Crippen molar-refractivity contribution in [1.29, 1.82) is 0 Å². The van der Waals surface area contributed by atoms with E-state index in [1.807, 2.05) is 4.90 Å². The Labute approximate surface area is 154 Å². The summed E-state index contributed by atoms with van der Waals surface area (Å²) < 4.78 is 0. The number of rotatable bonds is 2. The van der Waals surface area contributed by atoms with Crippen molar-refractivity contribution in [3.63, 3.8) is 0 Å². The molecule has 2 saturated heterocycles. The number of benzene rings is 1. The highest BCUT2D eigenvalue weighted by molar-refractivity contribution is 5.92. The molecule has 1 N–H and O–H groups in total. The fourth-order valence-corrected chi connectivity index (χ4v) is 4.12. The zero-order chi connectivity index (χ0) is 15.1. The molecule has 0 aliphatic carbocycles. The summed E-state index contributed by atoms with van der Waals surface area (Å²) in [5.41, 5.74) is 1.94. The lowest BCUT2D eigenvalue weighted by atomic mass is 9.90. The summed E-state index contributed by atoms with van der Waals surface area (Å²) in [5, 5.41) is 0. The van der Waals surface area contributed by atoms with Crippen molar-refractivity contribution in [1.82, 2.24) is 19.8 Å². The maximum atomic E-state index is 12.5. The Morgan fingerprint density at radius 1 is 1.17 bits per heavy atom. The van der Waals surface area contributed by atoms with E-state index in [2.05, 4.69) is 52.2 Å². The van der Waals surface area contributed by atoms with E-state index < -0.39 is 0 Å². The van der Waals surface area contributed by atoms with E-state index in [1.54, 1.807) is 12.5 Å². The summed E-state index contributed by atoms with van der Waals surface area (Å²) in [6.45, 7) is 2.72. The Kier molecular flexibility index (Phi) is 5.91. The van der Waals surface area contributed by atoms with Crippen LogP contribution in [0.5, 0.6) is 0 Å². The molecule has 5 nitrogen and oxygen atoms in total. The van der Waals surface area contributed by atoms with Gasteiger partial charge in [-0.2, -0.15) is 0 Å². The van der Waals surface area contributed by atoms with E-state index >= 15 is 0 Å². The number of carbonyl (C=O) groups excluding carboxylic acids is 1. The third kappa shape index (κ3) is 3.16. The number of amides is 1. The van der Waals surface area contributed by atoms with Gasteiger partial charge in [-0.15, -0.1) is 24.8 Å². The third-order valence-electron chi connectivity index (χ3n) is 5.05. The van der Waals surface area contributed by atoms with E-state index in [1.165, 1.54) is 5.56 Å². The Balaban J connectivity index is 0.00000104. The van der Waals surface area contributed by atoms with Crippen LogP contribution in [0.2, 0.25) is 0 Å². The minimum atomic E-state index is 0. The number of imidazole rings is 1. The molecule has 130 valence electrons. The van der Waals surface area contributed by atoms with Crippen molar-refractivity contribution < 1.29 is 4.79 Å². The number of aromatic amines is 1. The highest BCUT2D eigenvalue weighted by Gasteiger charge is 2.47. The van der Waals surface area contributed by atoms with Gasteiger partial charge in [0.1, 0.15) is 5.69 Å². The van der Waals surface area contributed by atoms with Crippen molar-refractivity contribution in [3.8, 4) is 0 Å². The molecule has 4 rings (SSSR count).